The van der Waals surface area contributed by atoms with Gasteiger partial charge in [-0.2, -0.15) is 0 Å². The van der Waals surface area contributed by atoms with Crippen LogP contribution in [0.25, 0.3) is 10.8 Å². The van der Waals surface area contributed by atoms with Crippen LogP contribution in [0.2, 0.25) is 33.2 Å². The normalized spacial score (nSPS) is 12.4. The number of hydrogen-bond donors (Lipinski definition) is 0. The Morgan fingerprint density at radius 2 is 0.763 bits per heavy atom. The van der Waals surface area contributed by atoms with Crippen molar-refractivity contribution in [2.24, 2.45) is 0 Å². The van der Waals surface area contributed by atoms with E-state index in [-0.39, 0.29) is 0 Å². The molecule has 208 valence electrons. The summed E-state index contributed by atoms with van der Waals surface area (Å²) >= 11 is 0. The zero-order valence-electron chi connectivity index (χ0n) is 26.6. The van der Waals surface area contributed by atoms with Gasteiger partial charge < -0.3 is 9.47 Å². The van der Waals surface area contributed by atoms with Gasteiger partial charge in [-0.05, 0) is 33.2 Å². The third-order valence-electron chi connectivity index (χ3n) is 9.07. The number of methoxy groups -OCH3 is 2. The highest BCUT2D eigenvalue weighted by Gasteiger charge is 2.43. The first-order chi connectivity index (χ1) is 17.7. The molecule has 0 saturated heterocycles. The maximum absolute atomic E-state index is 6.07. The molecule has 0 aliphatic rings. The number of rotatable bonds is 8. The lowest BCUT2D eigenvalue weighted by Gasteiger charge is -2.38. The Bertz CT molecular complexity index is 1090. The van der Waals surface area contributed by atoms with Gasteiger partial charge in [0.2, 0.25) is 0 Å². The van der Waals surface area contributed by atoms with Crippen LogP contribution in [0.1, 0.15) is 94.2 Å². The van der Waals surface area contributed by atoms with Crippen molar-refractivity contribution >= 4 is 26.9 Å². The van der Waals surface area contributed by atoms with Gasteiger partial charge in [-0.25, -0.2) is 0 Å². The van der Waals surface area contributed by atoms with E-state index in [4.69, 9.17) is 9.47 Å². The molecule has 0 N–H and O–H groups in total. The molecule has 0 saturated carbocycles. The Hall–Kier alpha value is -2.15. The largest absolute Gasteiger partial charge is 0.492 e. The van der Waals surface area contributed by atoms with Crippen molar-refractivity contribution < 1.29 is 9.47 Å². The van der Waals surface area contributed by atoms with Crippen molar-refractivity contribution in [3.63, 3.8) is 0 Å². The Morgan fingerprint density at radius 1 is 0.500 bits per heavy atom. The topological polar surface area (TPSA) is 18.5 Å². The molecule has 0 heterocycles. The molecule has 0 aliphatic carbocycles. The van der Waals surface area contributed by atoms with E-state index in [2.05, 4.69) is 130 Å². The highest BCUT2D eigenvalue weighted by molar-refractivity contribution is 6.91. The standard InChI is InChI=1S/C34H52O2Si2/c1-23(2)37(24(3)4,25(5)6)21-19-31-29-17-15-16-18-30(29)32(34(36-14)33(31)35-13)20-22-38(26(7)8,27(9)10)28(11)12/h15-18,23-28H,1-14H3. The van der Waals surface area contributed by atoms with Gasteiger partial charge in [-0.15, -0.1) is 11.1 Å². The zero-order valence-corrected chi connectivity index (χ0v) is 28.6. The first-order valence-electron chi connectivity index (χ1n) is 14.5. The molecular formula is C34H52O2Si2. The summed E-state index contributed by atoms with van der Waals surface area (Å²) in [6.45, 7) is 28.2. The monoisotopic (exact) mass is 548 g/mol. The SMILES string of the molecule is COc1c(OC)c(C#C[Si](C(C)C)(C(C)C)C(C)C)c2ccccc2c1C#C[Si](C(C)C)(C(C)C)C(C)C. The molecule has 4 heteroatoms. The van der Waals surface area contributed by atoms with Crippen LogP contribution < -0.4 is 9.47 Å². The minimum Gasteiger partial charge on any atom is -0.492 e. The number of benzene rings is 2. The zero-order chi connectivity index (χ0) is 29.0. The molecule has 2 rings (SSSR count). The highest BCUT2D eigenvalue weighted by atomic mass is 28.3. The fourth-order valence-corrected chi connectivity index (χ4v) is 17.7. The van der Waals surface area contributed by atoms with Gasteiger partial charge in [0.15, 0.2) is 11.5 Å². The van der Waals surface area contributed by atoms with Crippen LogP contribution in [0.5, 0.6) is 11.5 Å². The molecule has 0 fully saturated rings. The summed E-state index contributed by atoms with van der Waals surface area (Å²) in [6, 6.07) is 8.50. The minimum atomic E-state index is -1.93. The van der Waals surface area contributed by atoms with E-state index in [0.29, 0.717) is 44.7 Å². The van der Waals surface area contributed by atoms with Crippen LogP contribution in [0.15, 0.2) is 24.3 Å². The lowest BCUT2D eigenvalue weighted by Crippen LogP contribution is -2.43. The Kier molecular flexibility index (Phi) is 10.8. The molecule has 0 aromatic heterocycles. The van der Waals surface area contributed by atoms with E-state index >= 15 is 0 Å². The van der Waals surface area contributed by atoms with Gasteiger partial charge in [0.1, 0.15) is 16.1 Å². The molecule has 2 aromatic rings. The van der Waals surface area contributed by atoms with Gasteiger partial charge in [0.05, 0.1) is 25.3 Å². The van der Waals surface area contributed by atoms with Crippen molar-refractivity contribution in [3.05, 3.63) is 35.4 Å². The Morgan fingerprint density at radius 3 is 0.974 bits per heavy atom. The van der Waals surface area contributed by atoms with E-state index in [1.165, 1.54) is 0 Å². The molecule has 38 heavy (non-hydrogen) atoms. The second kappa shape index (κ2) is 12.8. The second-order valence-electron chi connectivity index (χ2n) is 12.7. The molecule has 0 radical (unpaired) electrons. The average molecular weight is 549 g/mol. The minimum absolute atomic E-state index is 0.556. The lowest BCUT2D eigenvalue weighted by molar-refractivity contribution is 0.354. The third kappa shape index (κ3) is 5.59. The predicted octanol–water partition coefficient (Wildman–Crippen LogP) is 10.00. The van der Waals surface area contributed by atoms with E-state index < -0.39 is 16.1 Å². The summed E-state index contributed by atoms with van der Waals surface area (Å²) < 4.78 is 12.1. The van der Waals surface area contributed by atoms with Crippen LogP contribution in [0.4, 0.5) is 0 Å². The van der Waals surface area contributed by atoms with Crippen molar-refractivity contribution in [2.45, 2.75) is 116 Å². The van der Waals surface area contributed by atoms with Gasteiger partial charge >= 0.3 is 0 Å². The predicted molar refractivity (Wildman–Crippen MR) is 173 cm³/mol. The maximum atomic E-state index is 6.07. The van der Waals surface area contributed by atoms with Gasteiger partial charge in [0, 0.05) is 10.8 Å². The molecule has 0 unspecified atom stereocenters. The third-order valence-corrected chi connectivity index (χ3v) is 21.7. The van der Waals surface area contributed by atoms with Gasteiger partial charge in [0.25, 0.3) is 0 Å². The Labute approximate surface area is 236 Å². The first-order valence-corrected chi connectivity index (χ1v) is 18.9. The van der Waals surface area contributed by atoms with E-state index in [1.807, 2.05) is 0 Å². The van der Waals surface area contributed by atoms with Crippen molar-refractivity contribution in [1.29, 1.82) is 0 Å². The molecule has 0 atom stereocenters. The fourth-order valence-electron chi connectivity index (χ4n) is 7.24. The number of hydrogen-bond acceptors (Lipinski definition) is 2. The first kappa shape index (κ1) is 32.1. The second-order valence-corrected chi connectivity index (χ2v) is 23.8. The van der Waals surface area contributed by atoms with Crippen LogP contribution in [-0.2, 0) is 0 Å². The molecular weight excluding hydrogens is 497 g/mol. The Balaban J connectivity index is 3.03. The molecule has 2 nitrogen and oxygen atoms in total. The molecule has 0 amide bonds. The highest BCUT2D eigenvalue weighted by Crippen LogP contribution is 2.45. The van der Waals surface area contributed by atoms with Crippen LogP contribution in [-0.4, -0.2) is 30.4 Å². The fraction of sp³-hybridized carbons (Fsp3) is 0.588. The maximum Gasteiger partial charge on any atom is 0.178 e. The van der Waals surface area contributed by atoms with Crippen LogP contribution in [0.3, 0.4) is 0 Å². The molecule has 2 aromatic carbocycles. The summed E-state index contributed by atoms with van der Waals surface area (Å²) in [5, 5.41) is 2.18. The smallest absolute Gasteiger partial charge is 0.178 e. The van der Waals surface area contributed by atoms with Crippen molar-refractivity contribution in [3.8, 4) is 34.4 Å². The number of ether oxygens (including phenoxy) is 2. The van der Waals surface area contributed by atoms with E-state index in [0.717, 1.165) is 21.9 Å². The van der Waals surface area contributed by atoms with Crippen molar-refractivity contribution in [2.75, 3.05) is 14.2 Å². The summed E-state index contributed by atoms with van der Waals surface area (Å²) in [4.78, 5) is 0. The van der Waals surface area contributed by atoms with Crippen LogP contribution in [0, 0.1) is 22.9 Å². The van der Waals surface area contributed by atoms with Gasteiger partial charge in [-0.1, -0.05) is 119 Å². The summed E-state index contributed by atoms with van der Waals surface area (Å²) in [5.41, 5.74) is 13.0. The van der Waals surface area contributed by atoms with E-state index in [9.17, 15) is 0 Å². The number of fused-ring (bicyclic) bond motifs is 1. The summed E-state index contributed by atoms with van der Waals surface area (Å²) in [6.07, 6.45) is 0. The van der Waals surface area contributed by atoms with E-state index in [1.54, 1.807) is 14.2 Å². The van der Waals surface area contributed by atoms with Crippen LogP contribution >= 0.6 is 0 Å². The van der Waals surface area contributed by atoms with Gasteiger partial charge in [-0.3, -0.25) is 0 Å². The average Bonchev–Trinajstić information content (AvgIpc) is 2.83. The van der Waals surface area contributed by atoms with Crippen molar-refractivity contribution in [1.82, 2.24) is 0 Å². The quantitative estimate of drug-likeness (QED) is 0.241. The molecule has 0 bridgehead atoms. The summed E-state index contributed by atoms with van der Waals surface area (Å²) in [5.74, 6) is 8.78. The lowest BCUT2D eigenvalue weighted by atomic mass is 9.98. The summed E-state index contributed by atoms with van der Waals surface area (Å²) in [7, 11) is -0.416. The molecule has 0 aliphatic heterocycles. The molecule has 0 spiro atoms.